The summed E-state index contributed by atoms with van der Waals surface area (Å²) in [5, 5.41) is 0. The van der Waals surface area contributed by atoms with E-state index in [1.165, 1.54) is 10.9 Å². The number of ether oxygens (including phenoxy) is 1. The quantitative estimate of drug-likeness (QED) is 0.729. The molecule has 1 aromatic rings. The Morgan fingerprint density at radius 1 is 1.43 bits per heavy atom. The van der Waals surface area contributed by atoms with E-state index in [1.54, 1.807) is 6.20 Å². The third kappa shape index (κ3) is 2.58. The van der Waals surface area contributed by atoms with Crippen molar-refractivity contribution < 1.29 is 9.53 Å². The van der Waals surface area contributed by atoms with Gasteiger partial charge in [-0.1, -0.05) is 13.8 Å². The van der Waals surface area contributed by atoms with Gasteiger partial charge in [-0.2, -0.15) is 0 Å². The first kappa shape index (κ1) is 10.8. The fraction of sp³-hybridized carbons (Fsp3) is 0.600. The fourth-order valence-corrected chi connectivity index (χ4v) is 0.999. The zero-order chi connectivity index (χ0) is 10.7. The molecule has 78 valence electrons. The topological polar surface area (TPSA) is 44.1 Å². The van der Waals surface area contributed by atoms with Gasteiger partial charge >= 0.3 is 6.09 Å². The molecule has 0 N–H and O–H groups in total. The molecule has 0 fully saturated rings. The minimum atomic E-state index is -0.376. The number of hydrogen-bond acceptors (Lipinski definition) is 3. The molecule has 0 spiro atoms. The molecule has 0 aliphatic carbocycles. The van der Waals surface area contributed by atoms with Crippen LogP contribution in [0.5, 0.6) is 0 Å². The summed E-state index contributed by atoms with van der Waals surface area (Å²) in [5.41, 5.74) is 0.894. The Labute approximate surface area is 83.9 Å². The predicted octanol–water partition coefficient (Wildman–Crippen LogP) is 2.40. The van der Waals surface area contributed by atoms with Gasteiger partial charge in [0.05, 0.1) is 11.8 Å². The van der Waals surface area contributed by atoms with Gasteiger partial charge in [-0.25, -0.2) is 14.3 Å². The summed E-state index contributed by atoms with van der Waals surface area (Å²) in [6.07, 6.45) is 2.71. The van der Waals surface area contributed by atoms with Gasteiger partial charge in [-0.05, 0) is 19.8 Å². The molecule has 0 aliphatic rings. The van der Waals surface area contributed by atoms with Crippen LogP contribution in [0.3, 0.4) is 0 Å². The number of aromatic nitrogens is 2. The summed E-state index contributed by atoms with van der Waals surface area (Å²) >= 11 is 0. The van der Waals surface area contributed by atoms with Crippen molar-refractivity contribution in [3.63, 3.8) is 0 Å². The lowest BCUT2D eigenvalue weighted by Gasteiger charge is -2.06. The molecule has 0 atom stereocenters. The lowest BCUT2D eigenvalue weighted by molar-refractivity contribution is 0.117. The fourth-order valence-electron chi connectivity index (χ4n) is 0.999. The lowest BCUT2D eigenvalue weighted by Crippen LogP contribution is -2.16. The molecule has 4 nitrogen and oxygen atoms in total. The molecule has 4 heteroatoms. The molecular formula is C10H16N2O2. The minimum absolute atomic E-state index is 0.104. The van der Waals surface area contributed by atoms with E-state index in [9.17, 15) is 4.79 Å². The number of carbonyl (C=O) groups is 1. The summed E-state index contributed by atoms with van der Waals surface area (Å²) < 4.78 is 6.38. The summed E-state index contributed by atoms with van der Waals surface area (Å²) in [7, 11) is 0. The average molecular weight is 196 g/mol. The maximum Gasteiger partial charge on any atom is 0.419 e. The second-order valence-corrected chi connectivity index (χ2v) is 3.79. The Balaban J connectivity index is 2.71. The van der Waals surface area contributed by atoms with Crippen LogP contribution < -0.4 is 0 Å². The predicted molar refractivity (Wildman–Crippen MR) is 53.3 cm³/mol. The third-order valence-corrected chi connectivity index (χ3v) is 1.74. The maximum atomic E-state index is 11.4. The van der Waals surface area contributed by atoms with Crippen molar-refractivity contribution in [1.29, 1.82) is 0 Å². The molecule has 0 aromatic carbocycles. The van der Waals surface area contributed by atoms with Crippen molar-refractivity contribution in [2.75, 3.05) is 0 Å². The Bertz CT molecular complexity index is 316. The second-order valence-electron chi connectivity index (χ2n) is 3.79. The van der Waals surface area contributed by atoms with Crippen molar-refractivity contribution in [2.45, 2.75) is 39.7 Å². The molecule has 0 radical (unpaired) electrons. The zero-order valence-corrected chi connectivity index (χ0v) is 9.02. The average Bonchev–Trinajstić information content (AvgIpc) is 2.50. The molecule has 14 heavy (non-hydrogen) atoms. The van der Waals surface area contributed by atoms with E-state index >= 15 is 0 Å². The third-order valence-electron chi connectivity index (χ3n) is 1.74. The summed E-state index contributed by atoms with van der Waals surface area (Å²) in [6, 6.07) is 0. The number of nitrogens with zero attached hydrogens (tertiary/aromatic N) is 2. The van der Waals surface area contributed by atoms with E-state index in [-0.39, 0.29) is 12.2 Å². The van der Waals surface area contributed by atoms with E-state index in [0.29, 0.717) is 5.92 Å². The highest BCUT2D eigenvalue weighted by molar-refractivity contribution is 5.70. The van der Waals surface area contributed by atoms with Crippen LogP contribution in [0.15, 0.2) is 12.5 Å². The Morgan fingerprint density at radius 2 is 2.07 bits per heavy atom. The van der Waals surface area contributed by atoms with Crippen LogP contribution >= 0.6 is 0 Å². The first-order valence-corrected chi connectivity index (χ1v) is 4.75. The summed E-state index contributed by atoms with van der Waals surface area (Å²) in [4.78, 5) is 15.5. The lowest BCUT2D eigenvalue weighted by atomic mass is 10.2. The molecule has 0 amide bonds. The minimum Gasteiger partial charge on any atom is -0.446 e. The van der Waals surface area contributed by atoms with Crippen LogP contribution in [0.2, 0.25) is 0 Å². The molecular weight excluding hydrogens is 180 g/mol. The molecule has 0 unspecified atom stereocenters. The van der Waals surface area contributed by atoms with Crippen molar-refractivity contribution in [3.8, 4) is 0 Å². The Morgan fingerprint density at radius 3 is 2.50 bits per heavy atom. The van der Waals surface area contributed by atoms with Crippen molar-refractivity contribution in [1.82, 2.24) is 9.55 Å². The molecule has 1 heterocycles. The first-order valence-electron chi connectivity index (χ1n) is 4.75. The molecule has 1 aromatic heterocycles. The van der Waals surface area contributed by atoms with Crippen LogP contribution in [0.1, 0.15) is 39.3 Å². The van der Waals surface area contributed by atoms with E-state index in [1.807, 2.05) is 27.7 Å². The van der Waals surface area contributed by atoms with Gasteiger partial charge in [0.25, 0.3) is 0 Å². The summed E-state index contributed by atoms with van der Waals surface area (Å²) in [5.74, 6) is 0.322. The van der Waals surface area contributed by atoms with E-state index in [4.69, 9.17) is 4.74 Å². The largest absolute Gasteiger partial charge is 0.446 e. The number of imidazole rings is 1. The van der Waals surface area contributed by atoms with Crippen molar-refractivity contribution in [3.05, 3.63) is 18.2 Å². The highest BCUT2D eigenvalue weighted by Gasteiger charge is 2.10. The maximum absolute atomic E-state index is 11.4. The summed E-state index contributed by atoms with van der Waals surface area (Å²) in [6.45, 7) is 7.69. The van der Waals surface area contributed by atoms with Gasteiger partial charge < -0.3 is 4.74 Å². The first-order chi connectivity index (χ1) is 6.50. The van der Waals surface area contributed by atoms with Gasteiger partial charge in [0.2, 0.25) is 0 Å². The van der Waals surface area contributed by atoms with Crippen LogP contribution in [0.4, 0.5) is 4.79 Å². The van der Waals surface area contributed by atoms with Crippen LogP contribution in [-0.2, 0) is 4.74 Å². The molecule has 0 bridgehead atoms. The van der Waals surface area contributed by atoms with Gasteiger partial charge in [-0.15, -0.1) is 0 Å². The van der Waals surface area contributed by atoms with Crippen LogP contribution in [-0.4, -0.2) is 21.7 Å². The number of rotatable bonds is 2. The van der Waals surface area contributed by atoms with E-state index < -0.39 is 0 Å². The molecule has 0 saturated carbocycles. The van der Waals surface area contributed by atoms with Crippen molar-refractivity contribution in [2.24, 2.45) is 0 Å². The van der Waals surface area contributed by atoms with E-state index in [2.05, 4.69) is 4.98 Å². The molecule has 0 saturated heterocycles. The second kappa shape index (κ2) is 4.26. The number of carbonyl (C=O) groups excluding carboxylic acids is 1. The number of hydrogen-bond donors (Lipinski definition) is 0. The zero-order valence-electron chi connectivity index (χ0n) is 9.02. The van der Waals surface area contributed by atoms with Gasteiger partial charge in [0.15, 0.2) is 0 Å². The van der Waals surface area contributed by atoms with Gasteiger partial charge in [0, 0.05) is 6.20 Å². The SMILES string of the molecule is CC(C)OC(=O)n1cnc(C(C)C)c1. The molecule has 1 rings (SSSR count). The highest BCUT2D eigenvalue weighted by atomic mass is 16.6. The Kier molecular flexibility index (Phi) is 3.28. The standard InChI is InChI=1S/C10H16N2O2/c1-7(2)9-5-12(6-11-9)10(13)14-8(3)4/h5-8H,1-4H3. The Hall–Kier alpha value is -1.32. The van der Waals surface area contributed by atoms with Gasteiger partial charge in [-0.3, -0.25) is 0 Å². The monoisotopic (exact) mass is 196 g/mol. The van der Waals surface area contributed by atoms with Gasteiger partial charge in [0.1, 0.15) is 6.33 Å². The van der Waals surface area contributed by atoms with Crippen LogP contribution in [0, 0.1) is 0 Å². The van der Waals surface area contributed by atoms with E-state index in [0.717, 1.165) is 5.69 Å². The van der Waals surface area contributed by atoms with Crippen molar-refractivity contribution >= 4 is 6.09 Å². The molecule has 0 aliphatic heterocycles. The highest BCUT2D eigenvalue weighted by Crippen LogP contribution is 2.10. The normalized spacial score (nSPS) is 11.0. The smallest absolute Gasteiger partial charge is 0.419 e. The van der Waals surface area contributed by atoms with Crippen LogP contribution in [0.25, 0.3) is 0 Å².